The number of aliphatic carboxylic acids is 1. The van der Waals surface area contributed by atoms with E-state index in [1.165, 1.54) is 0 Å². The van der Waals surface area contributed by atoms with E-state index in [9.17, 15) is 14.7 Å². The number of hydrogen-bond donors (Lipinski definition) is 1. The molecule has 6 nitrogen and oxygen atoms in total. The molecule has 0 bridgehead atoms. The third-order valence-electron chi connectivity index (χ3n) is 3.95. The molecule has 7 heteroatoms. The fraction of sp³-hybridized carbons (Fsp3) is 0.786. The number of carbonyl (C=O) groups excluding carboxylic acids is 2. The molecule has 0 aromatic rings. The molecule has 2 heterocycles. The number of amidine groups is 1. The first kappa shape index (κ1) is 18.1. The quantitative estimate of drug-likeness (QED) is 0.421. The van der Waals surface area contributed by atoms with Crippen LogP contribution in [-0.2, 0) is 9.59 Å². The molecule has 2 aliphatic rings. The number of aliphatic imine (C=N–C) groups is 1. The molecule has 0 saturated carbocycles. The van der Waals surface area contributed by atoms with Gasteiger partial charge in [0.1, 0.15) is 0 Å². The molecule has 1 N–H and O–H groups in total. The van der Waals surface area contributed by atoms with E-state index in [4.69, 9.17) is 0 Å². The number of nitrogens with zero attached hydrogens (tertiary/aromatic N) is 2. The maximum absolute atomic E-state index is 12.0. The number of carboxylic acid groups (broad SMARTS) is 1. The van der Waals surface area contributed by atoms with Crippen LogP contribution in [0.25, 0.3) is 0 Å². The first-order valence-corrected chi connectivity index (χ1v) is 7.42. The summed E-state index contributed by atoms with van der Waals surface area (Å²) in [6.07, 6.45) is 4.47. The van der Waals surface area contributed by atoms with Crippen molar-refractivity contribution in [2.75, 3.05) is 26.2 Å². The molecule has 0 atom stereocenters. The largest absolute Gasteiger partial charge is 1.00 e. The summed E-state index contributed by atoms with van der Waals surface area (Å²) in [5, 5.41) is 14.0. The third kappa shape index (κ3) is 5.72. The van der Waals surface area contributed by atoms with E-state index in [-0.39, 0.29) is 30.7 Å². The Morgan fingerprint density at radius 1 is 1.33 bits per heavy atom. The van der Waals surface area contributed by atoms with Crippen LogP contribution in [0.15, 0.2) is 4.99 Å². The average Bonchev–Trinajstić information content (AvgIpc) is 2.96. The zero-order valence-corrected chi connectivity index (χ0v) is 12.8. The van der Waals surface area contributed by atoms with Gasteiger partial charge in [0, 0.05) is 50.9 Å². The Morgan fingerprint density at radius 2 is 2.05 bits per heavy atom. The maximum Gasteiger partial charge on any atom is 1.00 e. The van der Waals surface area contributed by atoms with Crippen molar-refractivity contribution in [2.45, 2.75) is 38.5 Å². The predicted octanol–water partition coefficient (Wildman–Crippen LogP) is -3.46. The summed E-state index contributed by atoms with van der Waals surface area (Å²) >= 11 is 0. The van der Waals surface area contributed by atoms with Gasteiger partial charge in [-0.25, -0.2) is 0 Å². The standard InChI is InChI=1S/C14H23N3O3.Li/c18-13(4-2-8-16-12-3-1-7-15-12)17-9-5-11(6-10-17)14(19)20;/h11H,1-10H2,(H,15,16)(H,19,20);/q;+1/p-1. The van der Waals surface area contributed by atoms with Gasteiger partial charge >= 0.3 is 18.9 Å². The summed E-state index contributed by atoms with van der Waals surface area (Å²) in [5.74, 6) is -0.191. The van der Waals surface area contributed by atoms with Gasteiger partial charge in [-0.05, 0) is 25.7 Å². The molecule has 1 amide bonds. The van der Waals surface area contributed by atoms with Crippen LogP contribution in [-0.4, -0.2) is 48.8 Å². The SMILES string of the molecule is O=C([O-])C1CCN(C(=O)CCCNC2=NCCC2)CC1.[Li+]. The molecule has 0 aromatic carbocycles. The van der Waals surface area contributed by atoms with Crippen molar-refractivity contribution in [2.24, 2.45) is 10.9 Å². The van der Waals surface area contributed by atoms with Crippen LogP contribution >= 0.6 is 0 Å². The third-order valence-corrected chi connectivity index (χ3v) is 3.95. The van der Waals surface area contributed by atoms with E-state index in [1.54, 1.807) is 4.90 Å². The van der Waals surface area contributed by atoms with E-state index < -0.39 is 5.97 Å². The van der Waals surface area contributed by atoms with Crippen molar-refractivity contribution in [3.63, 3.8) is 0 Å². The molecule has 1 fully saturated rings. The van der Waals surface area contributed by atoms with Gasteiger partial charge in [0.2, 0.25) is 5.91 Å². The molecule has 21 heavy (non-hydrogen) atoms. The number of carbonyl (C=O) groups is 2. The topological polar surface area (TPSA) is 84.8 Å². The second-order valence-electron chi connectivity index (χ2n) is 5.44. The minimum atomic E-state index is -0.987. The van der Waals surface area contributed by atoms with Crippen LogP contribution in [0, 0.1) is 5.92 Å². The molecule has 0 unspecified atom stereocenters. The number of carboxylic acids is 1. The zero-order chi connectivity index (χ0) is 14.4. The Balaban J connectivity index is 0.00000220. The van der Waals surface area contributed by atoms with Crippen molar-refractivity contribution in [3.8, 4) is 0 Å². The predicted molar refractivity (Wildman–Crippen MR) is 73.1 cm³/mol. The first-order valence-electron chi connectivity index (χ1n) is 7.42. The van der Waals surface area contributed by atoms with Gasteiger partial charge in [-0.1, -0.05) is 0 Å². The minimum Gasteiger partial charge on any atom is -0.550 e. The molecule has 0 radical (unpaired) electrons. The summed E-state index contributed by atoms with van der Waals surface area (Å²) in [6.45, 7) is 2.77. The van der Waals surface area contributed by atoms with Gasteiger partial charge < -0.3 is 20.1 Å². The molecule has 0 aliphatic carbocycles. The summed E-state index contributed by atoms with van der Waals surface area (Å²) in [5.41, 5.74) is 0. The number of piperidine rings is 1. The number of likely N-dealkylation sites (tertiary alicyclic amines) is 1. The summed E-state index contributed by atoms with van der Waals surface area (Å²) < 4.78 is 0. The van der Waals surface area contributed by atoms with Crippen LogP contribution in [0.3, 0.4) is 0 Å². The van der Waals surface area contributed by atoms with Gasteiger partial charge in [-0.2, -0.15) is 0 Å². The fourth-order valence-electron chi connectivity index (χ4n) is 2.68. The number of nitrogens with one attached hydrogen (secondary N) is 1. The fourth-order valence-corrected chi connectivity index (χ4v) is 2.68. The van der Waals surface area contributed by atoms with Gasteiger partial charge in [-0.15, -0.1) is 0 Å². The Kier molecular flexibility index (Phi) is 7.84. The van der Waals surface area contributed by atoms with Gasteiger partial charge in [0.25, 0.3) is 0 Å². The molecule has 2 aliphatic heterocycles. The normalized spacial score (nSPS) is 18.9. The van der Waals surface area contributed by atoms with Crippen molar-refractivity contribution in [1.29, 1.82) is 0 Å². The summed E-state index contributed by atoms with van der Waals surface area (Å²) in [7, 11) is 0. The van der Waals surface area contributed by atoms with E-state index in [0.29, 0.717) is 32.4 Å². The second kappa shape index (κ2) is 9.11. The van der Waals surface area contributed by atoms with E-state index in [0.717, 1.165) is 38.2 Å². The zero-order valence-electron chi connectivity index (χ0n) is 12.8. The smallest absolute Gasteiger partial charge is 0.550 e. The second-order valence-corrected chi connectivity index (χ2v) is 5.44. The van der Waals surface area contributed by atoms with Crippen molar-refractivity contribution in [3.05, 3.63) is 0 Å². The number of amides is 1. The summed E-state index contributed by atoms with van der Waals surface area (Å²) in [6, 6.07) is 0. The van der Waals surface area contributed by atoms with E-state index in [2.05, 4.69) is 10.3 Å². The van der Waals surface area contributed by atoms with E-state index in [1.807, 2.05) is 0 Å². The Bertz CT molecular complexity index is 393. The van der Waals surface area contributed by atoms with Crippen molar-refractivity contribution in [1.82, 2.24) is 10.2 Å². The first-order chi connectivity index (χ1) is 9.66. The average molecular weight is 287 g/mol. The van der Waals surface area contributed by atoms with Gasteiger partial charge in [-0.3, -0.25) is 9.79 Å². The molecule has 2 rings (SSSR count). The maximum atomic E-state index is 12.0. The van der Waals surface area contributed by atoms with Crippen molar-refractivity contribution < 1.29 is 33.6 Å². The Labute approximate surface area is 137 Å². The van der Waals surface area contributed by atoms with Crippen molar-refractivity contribution >= 4 is 17.7 Å². The molecule has 112 valence electrons. The Morgan fingerprint density at radius 3 is 2.62 bits per heavy atom. The van der Waals surface area contributed by atoms with Crippen LogP contribution in [0.1, 0.15) is 38.5 Å². The molecule has 0 aromatic heterocycles. The number of rotatable bonds is 5. The van der Waals surface area contributed by atoms with Crippen LogP contribution < -0.4 is 29.3 Å². The van der Waals surface area contributed by atoms with Gasteiger partial charge in [0.05, 0.1) is 5.84 Å². The molecule has 0 spiro atoms. The number of hydrogen-bond acceptors (Lipinski definition) is 5. The monoisotopic (exact) mass is 287 g/mol. The minimum absolute atomic E-state index is 0. The van der Waals surface area contributed by atoms with Crippen LogP contribution in [0.5, 0.6) is 0 Å². The summed E-state index contributed by atoms with van der Waals surface area (Å²) in [4.78, 5) is 28.8. The Hall–Kier alpha value is -0.993. The van der Waals surface area contributed by atoms with Crippen LogP contribution in [0.4, 0.5) is 0 Å². The van der Waals surface area contributed by atoms with Gasteiger partial charge in [0.15, 0.2) is 0 Å². The van der Waals surface area contributed by atoms with E-state index >= 15 is 0 Å². The molecular weight excluding hydrogens is 265 g/mol. The molecular formula is C14H22LiN3O3. The molecule has 1 saturated heterocycles. The van der Waals surface area contributed by atoms with Crippen LogP contribution in [0.2, 0.25) is 0 Å².